The van der Waals surface area contributed by atoms with Crippen molar-refractivity contribution in [3.8, 4) is 5.75 Å². The molecule has 4 rings (SSSR count). The number of benzene rings is 1. The van der Waals surface area contributed by atoms with Gasteiger partial charge in [0.05, 0.1) is 22.4 Å². The third-order valence-electron chi connectivity index (χ3n) is 5.70. The molecular weight excluding hydrogens is 422 g/mol. The van der Waals surface area contributed by atoms with Crippen molar-refractivity contribution in [2.24, 2.45) is 0 Å². The van der Waals surface area contributed by atoms with Gasteiger partial charge in [0.25, 0.3) is 0 Å². The number of hydrogen-bond donors (Lipinski definition) is 6. The number of allylic oxidation sites excluding steroid dienone is 3. The average Bonchev–Trinajstić information content (AvgIpc) is 2.70. The van der Waals surface area contributed by atoms with Gasteiger partial charge in [-0.3, -0.25) is 9.59 Å². The standard InChI is InChI=1S/C22H17NO9/c1-7-8-5-4-6-9(24)11(8)16(25)12-10(7)17(26)14-15(23(2)3)18(27)13(21(30)31)20(29)22(14,32)19(12)28/h4-6,24,26-28,32H,1H2,2-3H3,(H,30,31). The van der Waals surface area contributed by atoms with Crippen LogP contribution >= 0.6 is 0 Å². The molecule has 0 saturated carbocycles. The summed E-state index contributed by atoms with van der Waals surface area (Å²) in [7, 11) is 2.69. The van der Waals surface area contributed by atoms with Gasteiger partial charge in [-0.1, -0.05) is 18.7 Å². The van der Waals surface area contributed by atoms with Crippen molar-refractivity contribution in [3.05, 3.63) is 81.2 Å². The van der Waals surface area contributed by atoms with E-state index in [1.165, 1.54) is 32.3 Å². The van der Waals surface area contributed by atoms with Gasteiger partial charge in [0.2, 0.25) is 17.2 Å². The van der Waals surface area contributed by atoms with E-state index < -0.39 is 68.6 Å². The van der Waals surface area contributed by atoms with Crippen LogP contribution in [-0.4, -0.2) is 72.8 Å². The van der Waals surface area contributed by atoms with E-state index in [0.29, 0.717) is 0 Å². The Labute approximate surface area is 180 Å². The van der Waals surface area contributed by atoms with Crippen LogP contribution < -0.4 is 0 Å². The van der Waals surface area contributed by atoms with E-state index >= 15 is 0 Å². The third-order valence-corrected chi connectivity index (χ3v) is 5.70. The molecular formula is C22H17NO9. The Morgan fingerprint density at radius 2 is 1.66 bits per heavy atom. The molecule has 1 atom stereocenters. The molecule has 0 saturated heterocycles. The number of aliphatic hydroxyl groups excluding tert-OH is 3. The molecule has 164 valence electrons. The Morgan fingerprint density at radius 1 is 1.03 bits per heavy atom. The van der Waals surface area contributed by atoms with Crippen molar-refractivity contribution in [1.29, 1.82) is 0 Å². The average molecular weight is 439 g/mol. The summed E-state index contributed by atoms with van der Waals surface area (Å²) in [4.78, 5) is 39.0. The zero-order valence-electron chi connectivity index (χ0n) is 16.8. The van der Waals surface area contributed by atoms with Gasteiger partial charge < -0.3 is 35.5 Å². The Kier molecular flexibility index (Phi) is 4.15. The van der Waals surface area contributed by atoms with Gasteiger partial charge in [0.1, 0.15) is 17.3 Å². The Morgan fingerprint density at radius 3 is 2.22 bits per heavy atom. The van der Waals surface area contributed by atoms with E-state index in [4.69, 9.17) is 0 Å². The van der Waals surface area contributed by atoms with Crippen LogP contribution in [0.3, 0.4) is 0 Å². The number of carboxylic acid groups (broad SMARTS) is 1. The van der Waals surface area contributed by atoms with E-state index in [1.54, 1.807) is 0 Å². The van der Waals surface area contributed by atoms with Crippen LogP contribution in [0.2, 0.25) is 0 Å². The maximum absolute atomic E-state index is 13.2. The van der Waals surface area contributed by atoms with Crippen LogP contribution in [0.1, 0.15) is 15.9 Å². The molecule has 0 aliphatic heterocycles. The molecule has 0 spiro atoms. The second-order valence-corrected chi connectivity index (χ2v) is 7.64. The lowest BCUT2D eigenvalue weighted by molar-refractivity contribution is -0.139. The molecule has 1 unspecified atom stereocenters. The van der Waals surface area contributed by atoms with E-state index in [9.17, 15) is 45.0 Å². The molecule has 0 amide bonds. The molecule has 0 aromatic heterocycles. The number of hydrogen-bond acceptors (Lipinski definition) is 9. The predicted molar refractivity (Wildman–Crippen MR) is 109 cm³/mol. The number of rotatable bonds is 2. The van der Waals surface area contributed by atoms with Crippen LogP contribution in [0.5, 0.6) is 5.75 Å². The SMILES string of the molecule is C=C1C2=C(O)C3=C(N(C)C)C(O)=C(C(=O)O)C(=O)C3(O)C(O)=C2C(=O)c2c(O)cccc21. The second-order valence-electron chi connectivity index (χ2n) is 7.64. The third kappa shape index (κ3) is 2.24. The number of likely N-dealkylation sites (N-methyl/N-ethyl adjacent to an activating group) is 1. The molecule has 1 aromatic rings. The highest BCUT2D eigenvalue weighted by Gasteiger charge is 2.60. The molecule has 3 aliphatic rings. The molecule has 0 radical (unpaired) electrons. The summed E-state index contributed by atoms with van der Waals surface area (Å²) in [5.74, 6) is -8.19. The van der Waals surface area contributed by atoms with Gasteiger partial charge in [-0.2, -0.15) is 0 Å². The first-order chi connectivity index (χ1) is 14.9. The summed E-state index contributed by atoms with van der Waals surface area (Å²) in [6.45, 7) is 3.81. The van der Waals surface area contributed by atoms with Crippen molar-refractivity contribution >= 4 is 23.1 Å². The topological polar surface area (TPSA) is 176 Å². The number of carbonyl (C=O) groups excluding carboxylic acids is 2. The fraction of sp³-hybridized carbons (Fsp3) is 0.136. The van der Waals surface area contributed by atoms with E-state index in [1.807, 2.05) is 0 Å². The maximum atomic E-state index is 13.2. The minimum absolute atomic E-state index is 0.0119. The Bertz CT molecular complexity index is 1320. The minimum Gasteiger partial charge on any atom is -0.508 e. The number of phenols is 1. The lowest BCUT2D eigenvalue weighted by Gasteiger charge is -2.41. The summed E-state index contributed by atoms with van der Waals surface area (Å²) < 4.78 is 0. The van der Waals surface area contributed by atoms with Crippen LogP contribution in [0, 0.1) is 0 Å². The summed E-state index contributed by atoms with van der Waals surface area (Å²) in [6.07, 6.45) is 0. The van der Waals surface area contributed by atoms with Crippen molar-refractivity contribution < 1.29 is 45.0 Å². The second kappa shape index (κ2) is 6.34. The van der Waals surface area contributed by atoms with Gasteiger partial charge in [-0.05, 0) is 17.2 Å². The first-order valence-corrected chi connectivity index (χ1v) is 9.17. The highest BCUT2D eigenvalue weighted by molar-refractivity contribution is 6.28. The quantitative estimate of drug-likeness (QED) is 0.368. The lowest BCUT2D eigenvalue weighted by Crippen LogP contribution is -2.53. The van der Waals surface area contributed by atoms with Gasteiger partial charge >= 0.3 is 5.97 Å². The minimum atomic E-state index is -3.19. The molecule has 0 fully saturated rings. The predicted octanol–water partition coefficient (Wildman–Crippen LogP) is 1.27. The molecule has 10 heteroatoms. The van der Waals surface area contributed by atoms with E-state index in [0.717, 1.165) is 4.90 Å². The first kappa shape index (κ1) is 20.9. The number of aliphatic carboxylic acids is 1. The number of aliphatic hydroxyl groups is 4. The molecule has 3 aliphatic carbocycles. The Hall–Kier alpha value is -4.31. The van der Waals surface area contributed by atoms with Gasteiger partial charge in [-0.15, -0.1) is 0 Å². The summed E-state index contributed by atoms with van der Waals surface area (Å²) >= 11 is 0. The van der Waals surface area contributed by atoms with Crippen molar-refractivity contribution in [3.63, 3.8) is 0 Å². The number of fused-ring (bicyclic) bond motifs is 3. The van der Waals surface area contributed by atoms with Crippen molar-refractivity contribution in [1.82, 2.24) is 4.90 Å². The van der Waals surface area contributed by atoms with Crippen molar-refractivity contribution in [2.45, 2.75) is 5.60 Å². The zero-order valence-corrected chi connectivity index (χ0v) is 16.8. The van der Waals surface area contributed by atoms with E-state index in [2.05, 4.69) is 6.58 Å². The van der Waals surface area contributed by atoms with Crippen LogP contribution in [-0.2, 0) is 9.59 Å². The number of phenolic OH excluding ortho intramolecular Hbond substituents is 1. The number of carboxylic acids is 1. The van der Waals surface area contributed by atoms with Crippen LogP contribution in [0.25, 0.3) is 5.57 Å². The lowest BCUT2D eigenvalue weighted by atomic mass is 9.66. The molecule has 0 bridgehead atoms. The smallest absolute Gasteiger partial charge is 0.343 e. The maximum Gasteiger partial charge on any atom is 0.343 e. The first-order valence-electron chi connectivity index (χ1n) is 9.17. The summed E-state index contributed by atoms with van der Waals surface area (Å²) in [5, 5.41) is 63.6. The zero-order chi connectivity index (χ0) is 23.9. The van der Waals surface area contributed by atoms with E-state index in [-0.39, 0.29) is 22.3 Å². The fourth-order valence-corrected chi connectivity index (χ4v) is 4.30. The highest BCUT2D eigenvalue weighted by atomic mass is 16.4. The summed E-state index contributed by atoms with van der Waals surface area (Å²) in [5.41, 5.74) is -6.80. The van der Waals surface area contributed by atoms with Gasteiger partial charge in [0.15, 0.2) is 11.3 Å². The van der Waals surface area contributed by atoms with Crippen molar-refractivity contribution in [2.75, 3.05) is 14.1 Å². The normalized spacial score (nSPS) is 22.8. The number of ketones is 2. The number of nitrogens with zero attached hydrogens (tertiary/aromatic N) is 1. The molecule has 1 aromatic carbocycles. The van der Waals surface area contributed by atoms with Crippen LogP contribution in [0.4, 0.5) is 0 Å². The molecule has 0 heterocycles. The number of aromatic hydroxyl groups is 1. The fourth-order valence-electron chi connectivity index (χ4n) is 4.30. The molecule has 32 heavy (non-hydrogen) atoms. The largest absolute Gasteiger partial charge is 0.508 e. The number of Topliss-reactive ketones (excluding diaryl/α,β-unsaturated/α-hetero) is 2. The summed E-state index contributed by atoms with van der Waals surface area (Å²) in [6, 6.07) is 4.08. The highest BCUT2D eigenvalue weighted by Crippen LogP contribution is 2.53. The van der Waals surface area contributed by atoms with Gasteiger partial charge in [0, 0.05) is 19.7 Å². The molecule has 6 N–H and O–H groups in total. The molecule has 10 nitrogen and oxygen atoms in total. The number of carbonyl (C=O) groups is 3. The Balaban J connectivity index is 2.21. The van der Waals surface area contributed by atoms with Gasteiger partial charge in [-0.25, -0.2) is 4.79 Å². The van der Waals surface area contributed by atoms with Crippen LogP contribution in [0.15, 0.2) is 70.0 Å². The monoisotopic (exact) mass is 439 g/mol.